The molecule has 7 saturated heterocycles. The Kier molecular flexibility index (Phi) is 24.0. The molecule has 7 fully saturated rings. The Morgan fingerprint density at radius 1 is 0.500 bits per heavy atom. The third kappa shape index (κ3) is 17.1. The van der Waals surface area contributed by atoms with Crippen molar-refractivity contribution in [2.45, 2.75) is 286 Å². The van der Waals surface area contributed by atoms with Crippen molar-refractivity contribution in [1.29, 1.82) is 0 Å². The van der Waals surface area contributed by atoms with Gasteiger partial charge in [0.05, 0.1) is 50.8 Å². The third-order valence-electron chi connectivity index (χ3n) is 18.3. The summed E-state index contributed by atoms with van der Waals surface area (Å²) < 4.78 is 110. The summed E-state index contributed by atoms with van der Waals surface area (Å²) in [5, 5.41) is 25.7. The number of fused-ring (bicyclic) bond motifs is 6. The zero-order valence-corrected chi connectivity index (χ0v) is 53.1. The summed E-state index contributed by atoms with van der Waals surface area (Å²) in [5.41, 5.74) is 3.50. The van der Waals surface area contributed by atoms with Gasteiger partial charge < -0.3 is 86.0 Å². The summed E-state index contributed by atoms with van der Waals surface area (Å²) in [7, 11) is 0. The first-order chi connectivity index (χ1) is 43.8. The molecule has 7 aliphatic heterocycles. The number of unbranched alkanes of at least 4 members (excludes halogenated alkanes) is 2. The summed E-state index contributed by atoms with van der Waals surface area (Å²) in [6.07, 6.45) is -11.3. The van der Waals surface area contributed by atoms with Crippen LogP contribution in [0.1, 0.15) is 154 Å². The van der Waals surface area contributed by atoms with Crippen LogP contribution in [0.2, 0.25) is 0 Å². The lowest BCUT2D eigenvalue weighted by Crippen LogP contribution is -2.68. The van der Waals surface area contributed by atoms with Crippen LogP contribution in [0.15, 0.2) is 121 Å². The fourth-order valence-corrected chi connectivity index (χ4v) is 13.5. The summed E-state index contributed by atoms with van der Waals surface area (Å²) in [6.45, 7) is 12.0. The summed E-state index contributed by atoms with van der Waals surface area (Å²) in [4.78, 5) is 14.6. The van der Waals surface area contributed by atoms with Crippen LogP contribution in [-0.2, 0) is 100 Å². The van der Waals surface area contributed by atoms with Crippen molar-refractivity contribution in [1.82, 2.24) is 0 Å². The second-order valence-corrected chi connectivity index (χ2v) is 25.7. The monoisotopic (exact) mass is 1250 g/mol. The van der Waals surface area contributed by atoms with Gasteiger partial charge in [-0.2, -0.15) is 0 Å². The molecule has 0 unspecified atom stereocenters. The topological polar surface area (TPSA) is 205 Å². The van der Waals surface area contributed by atoms with Crippen molar-refractivity contribution >= 4 is 5.97 Å². The molecule has 7 aliphatic rings. The zero-order valence-electron chi connectivity index (χ0n) is 53.1. The first-order valence-corrected chi connectivity index (χ1v) is 33.2. The normalized spacial score (nSPS) is 38.0. The van der Waals surface area contributed by atoms with E-state index < -0.39 is 141 Å². The van der Waals surface area contributed by atoms with Gasteiger partial charge in [0.15, 0.2) is 43.3 Å². The molecule has 0 amide bonds. The number of carbonyl (C=O) groups is 1. The molecule has 7 heterocycles. The van der Waals surface area contributed by atoms with Crippen molar-refractivity contribution in [2.75, 3.05) is 6.61 Å². The minimum atomic E-state index is -1.55. The predicted octanol–water partition coefficient (Wildman–Crippen LogP) is 10.6. The molecule has 90 heavy (non-hydrogen) atoms. The Bertz CT molecular complexity index is 2750. The number of carbonyl (C=O) groups excluding carboxylic acids is 1. The Balaban J connectivity index is 0.957. The zero-order chi connectivity index (χ0) is 62.6. The first-order valence-electron chi connectivity index (χ1n) is 33.2. The molecule has 19 nitrogen and oxygen atoms in total. The SMILES string of the molecule is CCCCC[C@H]1CCCCCCCCCC(=O)O[C@@H]2[C@@H](O[C@H]3[C@H](O[C@@H]4[C@@H](O1)O[C@H](C)[C@@H]1OC(C)(C)O[C@H]41)O[C@@H]1CO[C@@H](c4ccccc4)O[C@H]1[C@@H]3O)O[C@@H](C)[C@H](O)[C@H]2O[C@@H]1O[C@@H](C)[C@H](OCc2ccccc2)[C@@H](OCc2ccccc2)[C@H]1OCc1ccccc1. The molecule has 0 bridgehead atoms. The molecule has 2 N–H and O–H groups in total. The molecule has 4 aromatic rings. The van der Waals surface area contributed by atoms with E-state index in [1.165, 1.54) is 0 Å². The highest BCUT2D eigenvalue weighted by molar-refractivity contribution is 5.69. The molecule has 4 aromatic carbocycles. The van der Waals surface area contributed by atoms with Gasteiger partial charge in [0.2, 0.25) is 0 Å². The average molecular weight is 1250 g/mol. The number of ether oxygens (including phenoxy) is 16. The quantitative estimate of drug-likeness (QED) is 0.0790. The Labute approximate surface area is 530 Å². The number of rotatable bonds is 16. The lowest BCUT2D eigenvalue weighted by molar-refractivity contribution is -0.414. The van der Waals surface area contributed by atoms with Crippen molar-refractivity contribution < 1.29 is 90.8 Å². The van der Waals surface area contributed by atoms with Gasteiger partial charge in [-0.05, 0) is 70.6 Å². The third-order valence-corrected chi connectivity index (χ3v) is 18.3. The molecule has 0 aliphatic carbocycles. The second-order valence-electron chi connectivity index (χ2n) is 25.7. The average Bonchev–Trinajstić information content (AvgIpc) is 1.29. The highest BCUT2D eigenvalue weighted by atomic mass is 16.8. The van der Waals surface area contributed by atoms with Crippen LogP contribution in [0, 0.1) is 0 Å². The van der Waals surface area contributed by atoms with Crippen LogP contribution >= 0.6 is 0 Å². The minimum absolute atomic E-state index is 0.0189. The van der Waals surface area contributed by atoms with Crippen LogP contribution in [0.25, 0.3) is 0 Å². The van der Waals surface area contributed by atoms with Crippen molar-refractivity contribution in [3.05, 3.63) is 144 Å². The number of benzene rings is 4. The van der Waals surface area contributed by atoms with E-state index >= 15 is 0 Å². The molecule has 19 heteroatoms. The minimum Gasteiger partial charge on any atom is -0.454 e. The lowest BCUT2D eigenvalue weighted by atomic mass is 9.95. The number of hydrogen-bond donors (Lipinski definition) is 2. The number of hydrogen-bond acceptors (Lipinski definition) is 19. The lowest BCUT2D eigenvalue weighted by Gasteiger charge is -2.52. The van der Waals surface area contributed by atoms with E-state index in [4.69, 9.17) is 75.8 Å². The van der Waals surface area contributed by atoms with E-state index in [0.29, 0.717) is 6.42 Å². The first kappa shape index (κ1) is 67.1. The van der Waals surface area contributed by atoms with Gasteiger partial charge >= 0.3 is 5.97 Å². The Morgan fingerprint density at radius 2 is 1.06 bits per heavy atom. The highest BCUT2D eigenvalue weighted by Crippen LogP contribution is 2.44. The molecular weight excluding hydrogens is 1160 g/mol. The summed E-state index contributed by atoms with van der Waals surface area (Å²) in [6, 6.07) is 38.9. The second kappa shape index (κ2) is 32.2. The van der Waals surface area contributed by atoms with Crippen LogP contribution in [0.3, 0.4) is 0 Å². The molecule has 0 radical (unpaired) electrons. The Hall–Kier alpha value is -4.33. The molecule has 0 aromatic heterocycles. The van der Waals surface area contributed by atoms with Crippen molar-refractivity contribution in [3.63, 3.8) is 0 Å². The van der Waals surface area contributed by atoms with Gasteiger partial charge in [-0.25, -0.2) is 0 Å². The van der Waals surface area contributed by atoms with Gasteiger partial charge in [-0.1, -0.05) is 186 Å². The van der Waals surface area contributed by atoms with Gasteiger partial charge in [0.25, 0.3) is 0 Å². The summed E-state index contributed by atoms with van der Waals surface area (Å²) in [5.74, 6) is -1.58. The molecule has 11 rings (SSSR count). The summed E-state index contributed by atoms with van der Waals surface area (Å²) >= 11 is 0. The van der Waals surface area contributed by atoms with E-state index in [1.54, 1.807) is 6.92 Å². The molecule has 494 valence electrons. The van der Waals surface area contributed by atoms with Crippen LogP contribution in [0.4, 0.5) is 0 Å². The molecular formula is C71H96O19. The largest absolute Gasteiger partial charge is 0.454 e. The van der Waals surface area contributed by atoms with Crippen LogP contribution < -0.4 is 0 Å². The maximum absolute atomic E-state index is 14.6. The maximum Gasteiger partial charge on any atom is 0.306 e. The van der Waals surface area contributed by atoms with Crippen LogP contribution in [-0.4, -0.2) is 158 Å². The number of aliphatic hydroxyl groups excluding tert-OH is 2. The van der Waals surface area contributed by atoms with Crippen LogP contribution in [0.5, 0.6) is 0 Å². The highest BCUT2D eigenvalue weighted by Gasteiger charge is 2.61. The van der Waals surface area contributed by atoms with Gasteiger partial charge in [0.1, 0.15) is 73.2 Å². The molecule has 0 spiro atoms. The van der Waals surface area contributed by atoms with E-state index in [1.807, 2.05) is 149 Å². The number of aliphatic hydroxyl groups is 2. The van der Waals surface area contributed by atoms with E-state index in [0.717, 1.165) is 92.9 Å². The predicted molar refractivity (Wildman–Crippen MR) is 328 cm³/mol. The number of esters is 1. The Morgan fingerprint density at radius 3 is 1.71 bits per heavy atom. The maximum atomic E-state index is 14.6. The van der Waals surface area contributed by atoms with Gasteiger partial charge in [-0.15, -0.1) is 0 Å². The fourth-order valence-electron chi connectivity index (χ4n) is 13.5. The standard InChI is InChI=1S/C71H96O19/c1-7-8-18-37-51-38-27-12-10-9-11-13-28-39-53(72)84-64-59(86-68-63(77-42-49-33-23-16-24-34-49)61(76-41-48-31-21-15-22-32-48)56(45(3)80-68)75-40-47-29-19-14-20-30-47)54(73)44(2)79-70(64)87-60-55(74)58-52(43-78-66(85-58)50-35-25-17-26-36-50)83-67(60)88-65-62-57(89-71(5,6)90-62)46(4)81-69(65)82-51/h14-17,19-26,29-36,44-46,51-52,54-70,73-74H,7-13,18,27-28,37-43H2,1-6H3/t44-,45-,46+,51-,52+,54-,55-,56-,57-,58+,59+,60+,61+,62-,63+,64-,65-,66+,67-,68-,69+,70+/m0/s1. The smallest absolute Gasteiger partial charge is 0.306 e. The van der Waals surface area contributed by atoms with E-state index in [9.17, 15) is 15.0 Å². The fraction of sp³-hybridized carbons (Fsp3) is 0.648. The molecule has 22 atom stereocenters. The van der Waals surface area contributed by atoms with Crippen molar-refractivity contribution in [3.8, 4) is 0 Å². The van der Waals surface area contributed by atoms with Gasteiger partial charge in [0, 0.05) is 12.0 Å². The van der Waals surface area contributed by atoms with E-state index in [-0.39, 0.29) is 39.0 Å². The molecule has 0 saturated carbocycles. The van der Waals surface area contributed by atoms with E-state index in [2.05, 4.69) is 6.92 Å². The van der Waals surface area contributed by atoms with Crippen molar-refractivity contribution in [2.24, 2.45) is 0 Å². The van der Waals surface area contributed by atoms with Gasteiger partial charge in [-0.3, -0.25) is 4.79 Å².